The van der Waals surface area contributed by atoms with Gasteiger partial charge in [0.15, 0.2) is 11.6 Å². The zero-order valence-corrected chi connectivity index (χ0v) is 19.0. The number of benzene rings is 2. The fourth-order valence-electron chi connectivity index (χ4n) is 3.81. The number of alkyl halides is 4. The van der Waals surface area contributed by atoms with Crippen molar-refractivity contribution in [3.8, 4) is 17.2 Å². The maximum Gasteiger partial charge on any atom is 0.400 e. The van der Waals surface area contributed by atoms with Crippen LogP contribution >= 0.6 is 0 Å². The third kappa shape index (κ3) is 6.62. The highest BCUT2D eigenvalue weighted by atomic mass is 19.3. The molecule has 192 valence electrons. The maximum absolute atomic E-state index is 14.7. The molecule has 0 radical (unpaired) electrons. The van der Waals surface area contributed by atoms with Crippen molar-refractivity contribution in [1.82, 2.24) is 0 Å². The lowest BCUT2D eigenvalue weighted by Crippen LogP contribution is -2.39. The van der Waals surface area contributed by atoms with Crippen molar-refractivity contribution in [2.45, 2.75) is 50.9 Å². The molecule has 0 aromatic heterocycles. The summed E-state index contributed by atoms with van der Waals surface area (Å²) in [7, 11) is 0. The number of hydrogen-bond acceptors (Lipinski definition) is 4. The van der Waals surface area contributed by atoms with Crippen LogP contribution in [0.25, 0.3) is 0 Å². The second-order valence-electron chi connectivity index (χ2n) is 8.02. The Morgan fingerprint density at radius 2 is 1.51 bits per heavy atom. The van der Waals surface area contributed by atoms with E-state index in [1.54, 1.807) is 6.08 Å². The van der Waals surface area contributed by atoms with E-state index < -0.39 is 47.2 Å². The van der Waals surface area contributed by atoms with Gasteiger partial charge in [-0.15, -0.1) is 0 Å². The van der Waals surface area contributed by atoms with Gasteiger partial charge in [-0.25, -0.2) is 4.39 Å². The van der Waals surface area contributed by atoms with Crippen molar-refractivity contribution < 1.29 is 45.3 Å². The van der Waals surface area contributed by atoms with Gasteiger partial charge in [0.2, 0.25) is 5.82 Å². The van der Waals surface area contributed by atoms with E-state index in [1.807, 2.05) is 0 Å². The molecule has 0 unspecified atom stereocenters. The Bertz CT molecular complexity index is 988. The Balaban J connectivity index is 1.58. The van der Waals surface area contributed by atoms with Gasteiger partial charge in [0.05, 0.1) is 24.2 Å². The van der Waals surface area contributed by atoms with E-state index in [4.69, 9.17) is 18.9 Å². The molecule has 1 saturated carbocycles. The molecule has 10 heteroatoms. The summed E-state index contributed by atoms with van der Waals surface area (Å²) in [6.45, 7) is 5.33. The van der Waals surface area contributed by atoms with Crippen LogP contribution in [-0.2, 0) is 10.8 Å². The summed E-state index contributed by atoms with van der Waals surface area (Å²) < 4.78 is 106. The third-order valence-corrected chi connectivity index (χ3v) is 5.57. The molecule has 1 aliphatic carbocycles. The van der Waals surface area contributed by atoms with Gasteiger partial charge < -0.3 is 18.9 Å². The summed E-state index contributed by atoms with van der Waals surface area (Å²) in [5.41, 5.74) is -1.28. The molecular formula is C25H26F6O4. The highest BCUT2D eigenvalue weighted by molar-refractivity contribution is 5.33. The van der Waals surface area contributed by atoms with Gasteiger partial charge in [-0.2, -0.15) is 22.0 Å². The van der Waals surface area contributed by atoms with Crippen molar-refractivity contribution in [3.63, 3.8) is 0 Å². The Morgan fingerprint density at radius 3 is 2.11 bits per heavy atom. The summed E-state index contributed by atoms with van der Waals surface area (Å²) in [5, 5.41) is 0. The molecular weight excluding hydrogens is 478 g/mol. The Kier molecular flexibility index (Phi) is 8.58. The fourth-order valence-corrected chi connectivity index (χ4v) is 3.81. The average molecular weight is 504 g/mol. The first-order valence-corrected chi connectivity index (χ1v) is 11.1. The molecule has 2 aromatic rings. The highest BCUT2D eigenvalue weighted by Gasteiger charge is 2.46. The summed E-state index contributed by atoms with van der Waals surface area (Å²) >= 11 is 0. The average Bonchev–Trinajstić information content (AvgIpc) is 2.81. The molecule has 0 bridgehead atoms. The van der Waals surface area contributed by atoms with E-state index in [1.165, 1.54) is 31.2 Å². The lowest BCUT2D eigenvalue weighted by molar-refractivity contribution is -0.286. The van der Waals surface area contributed by atoms with E-state index in [2.05, 4.69) is 6.58 Å². The van der Waals surface area contributed by atoms with Crippen molar-refractivity contribution in [3.05, 3.63) is 66.3 Å². The van der Waals surface area contributed by atoms with Crippen LogP contribution in [0.2, 0.25) is 0 Å². The van der Waals surface area contributed by atoms with Crippen molar-refractivity contribution >= 4 is 0 Å². The van der Waals surface area contributed by atoms with Crippen molar-refractivity contribution in [2.24, 2.45) is 5.92 Å². The number of rotatable bonds is 11. The summed E-state index contributed by atoms with van der Waals surface area (Å²) in [6, 6.07) is 7.21. The van der Waals surface area contributed by atoms with Crippen LogP contribution in [0.4, 0.5) is 26.3 Å². The van der Waals surface area contributed by atoms with Crippen LogP contribution in [-0.4, -0.2) is 25.4 Å². The van der Waals surface area contributed by atoms with E-state index in [-0.39, 0.29) is 44.6 Å². The largest absolute Gasteiger partial charge is 0.491 e. The number of hydrogen-bond donors (Lipinski definition) is 0. The van der Waals surface area contributed by atoms with Gasteiger partial charge in [0.25, 0.3) is 0 Å². The first-order valence-electron chi connectivity index (χ1n) is 11.1. The summed E-state index contributed by atoms with van der Waals surface area (Å²) in [5.74, 6) is -4.66. The Hall–Kier alpha value is -2.88. The molecule has 4 nitrogen and oxygen atoms in total. The predicted molar refractivity (Wildman–Crippen MR) is 116 cm³/mol. The zero-order chi connectivity index (χ0) is 25.6. The molecule has 35 heavy (non-hydrogen) atoms. The van der Waals surface area contributed by atoms with Crippen LogP contribution in [0.1, 0.15) is 38.2 Å². The summed E-state index contributed by atoms with van der Waals surface area (Å²) in [6.07, 6.45) is -7.84. The normalized spacial score (nSPS) is 18.7. The fraction of sp³-hybridized carbons (Fsp3) is 0.440. The lowest BCUT2D eigenvalue weighted by atomic mass is 9.86. The molecule has 0 N–H and O–H groups in total. The minimum absolute atomic E-state index is 0.0235. The van der Waals surface area contributed by atoms with Crippen LogP contribution in [0, 0.1) is 17.6 Å². The van der Waals surface area contributed by atoms with E-state index in [9.17, 15) is 26.3 Å². The van der Waals surface area contributed by atoms with Crippen LogP contribution in [0.15, 0.2) is 49.1 Å². The molecule has 0 atom stereocenters. The second-order valence-corrected chi connectivity index (χ2v) is 8.02. The molecule has 0 aliphatic heterocycles. The van der Waals surface area contributed by atoms with Gasteiger partial charge in [-0.3, -0.25) is 0 Å². The van der Waals surface area contributed by atoms with Crippen LogP contribution in [0.3, 0.4) is 0 Å². The van der Waals surface area contributed by atoms with E-state index in [0.717, 1.165) is 6.07 Å². The minimum atomic E-state index is -4.15. The van der Waals surface area contributed by atoms with Crippen molar-refractivity contribution in [1.29, 1.82) is 0 Å². The Morgan fingerprint density at radius 1 is 0.886 bits per heavy atom. The lowest BCUT2D eigenvalue weighted by Gasteiger charge is -2.34. The predicted octanol–water partition coefficient (Wildman–Crippen LogP) is 7.22. The Labute approximate surface area is 199 Å². The highest BCUT2D eigenvalue weighted by Crippen LogP contribution is 2.42. The monoisotopic (exact) mass is 504 g/mol. The van der Waals surface area contributed by atoms with Gasteiger partial charge in [0, 0.05) is 0 Å². The second kappa shape index (κ2) is 11.2. The molecule has 3 rings (SSSR count). The topological polar surface area (TPSA) is 36.9 Å². The number of halogens is 6. The molecule has 1 fully saturated rings. The standard InChI is InChI=1S/C25H26F6O4/c1-3-15-33-17-9-11-19(12-10-17)34-24(28,29)16-5-7-18(8-6-16)35-25(30,31)20-13-14-21(32-4-2)23(27)22(20)26/h3,9-14,16,18H,1,4-8,15H2,2H3. The molecule has 0 spiro atoms. The van der Waals surface area contributed by atoms with E-state index in [0.29, 0.717) is 11.8 Å². The van der Waals surface area contributed by atoms with E-state index >= 15 is 0 Å². The van der Waals surface area contributed by atoms with Gasteiger partial charge in [0.1, 0.15) is 18.1 Å². The maximum atomic E-state index is 14.7. The smallest absolute Gasteiger partial charge is 0.400 e. The quantitative estimate of drug-likeness (QED) is 0.239. The molecule has 0 amide bonds. The first-order chi connectivity index (χ1) is 16.6. The molecule has 0 saturated heterocycles. The molecule has 1 aliphatic rings. The zero-order valence-electron chi connectivity index (χ0n) is 19.0. The van der Waals surface area contributed by atoms with Crippen LogP contribution < -0.4 is 14.2 Å². The van der Waals surface area contributed by atoms with Gasteiger partial charge in [-0.05, 0) is 69.0 Å². The SMILES string of the molecule is C=CCOc1ccc(OC(F)(F)C2CCC(OC(F)(F)c3ccc(OCC)c(F)c3F)CC2)cc1. The molecule has 2 aromatic carbocycles. The van der Waals surface area contributed by atoms with Gasteiger partial charge >= 0.3 is 12.2 Å². The molecule has 0 heterocycles. The van der Waals surface area contributed by atoms with Crippen LogP contribution in [0.5, 0.6) is 17.2 Å². The van der Waals surface area contributed by atoms with Crippen molar-refractivity contribution in [2.75, 3.05) is 13.2 Å². The van der Waals surface area contributed by atoms with Gasteiger partial charge in [-0.1, -0.05) is 12.7 Å². The third-order valence-electron chi connectivity index (χ3n) is 5.57. The summed E-state index contributed by atoms with van der Waals surface area (Å²) in [4.78, 5) is 0. The number of ether oxygens (including phenoxy) is 4. The first kappa shape index (κ1) is 26.7. The minimum Gasteiger partial charge on any atom is -0.491 e.